The van der Waals surface area contributed by atoms with Crippen LogP contribution in [0.5, 0.6) is 5.75 Å². The van der Waals surface area contributed by atoms with E-state index in [2.05, 4.69) is 27.6 Å². The Balaban J connectivity index is 1.53. The molecule has 0 N–H and O–H groups in total. The molecule has 4 aromatic heterocycles. The lowest BCUT2D eigenvalue weighted by molar-refractivity contribution is 0.414. The smallest absolute Gasteiger partial charge is 0.158 e. The van der Waals surface area contributed by atoms with Gasteiger partial charge in [-0.25, -0.2) is 14.5 Å². The van der Waals surface area contributed by atoms with Crippen LogP contribution in [0.1, 0.15) is 35.2 Å². The zero-order valence-corrected chi connectivity index (χ0v) is 13.5. The molecule has 5 rings (SSSR count). The third-order valence-corrected chi connectivity index (χ3v) is 4.84. The average molecular weight is 319 g/mol. The van der Waals surface area contributed by atoms with Crippen LogP contribution in [0.4, 0.5) is 0 Å². The summed E-state index contributed by atoms with van der Waals surface area (Å²) in [7, 11) is 1.67. The Morgan fingerprint density at radius 1 is 1.25 bits per heavy atom. The first-order valence-corrected chi connectivity index (χ1v) is 8.07. The maximum Gasteiger partial charge on any atom is 0.158 e. The van der Waals surface area contributed by atoms with Crippen LogP contribution in [0.3, 0.4) is 0 Å². The zero-order valence-electron chi connectivity index (χ0n) is 13.5. The van der Waals surface area contributed by atoms with E-state index in [1.165, 1.54) is 5.56 Å². The third-order valence-electron chi connectivity index (χ3n) is 4.84. The molecule has 4 aromatic rings. The summed E-state index contributed by atoms with van der Waals surface area (Å²) in [6.45, 7) is 2.06. The molecule has 0 aliphatic heterocycles. The quantitative estimate of drug-likeness (QED) is 0.582. The molecule has 1 aliphatic carbocycles. The Labute approximate surface area is 138 Å². The lowest BCUT2D eigenvalue weighted by atomic mass is 10.1. The molecule has 0 radical (unpaired) electrons. The second-order valence-electron chi connectivity index (χ2n) is 6.33. The Morgan fingerprint density at radius 2 is 2.17 bits per heavy atom. The van der Waals surface area contributed by atoms with E-state index < -0.39 is 0 Å². The topological polar surface area (TPSA) is 56.7 Å². The highest BCUT2D eigenvalue weighted by Crippen LogP contribution is 2.55. The number of ether oxygens (including phenoxy) is 1. The van der Waals surface area contributed by atoms with Gasteiger partial charge in [-0.15, -0.1) is 0 Å². The second kappa shape index (κ2) is 4.80. The fourth-order valence-corrected chi connectivity index (χ4v) is 3.58. The molecule has 2 unspecified atom stereocenters. The highest BCUT2D eigenvalue weighted by atomic mass is 16.5. The molecule has 0 spiro atoms. The van der Waals surface area contributed by atoms with E-state index in [0.29, 0.717) is 11.8 Å². The van der Waals surface area contributed by atoms with Crippen LogP contribution in [0, 0.1) is 6.92 Å². The fraction of sp³-hybridized carbons (Fsp3) is 0.278. The number of hydrogen-bond donors (Lipinski definition) is 0. The van der Waals surface area contributed by atoms with Crippen molar-refractivity contribution in [2.75, 3.05) is 7.11 Å². The van der Waals surface area contributed by atoms with Crippen LogP contribution >= 0.6 is 0 Å². The van der Waals surface area contributed by atoms with Crippen molar-refractivity contribution in [3.63, 3.8) is 0 Å². The number of hydrogen-bond acceptors (Lipinski definition) is 4. The molecule has 0 aromatic carbocycles. The van der Waals surface area contributed by atoms with Gasteiger partial charge < -0.3 is 9.14 Å². The molecular weight excluding hydrogens is 302 g/mol. The van der Waals surface area contributed by atoms with Crippen molar-refractivity contribution in [2.45, 2.75) is 25.2 Å². The number of aromatic nitrogens is 5. The molecular formula is C18H17N5O. The van der Waals surface area contributed by atoms with Gasteiger partial charge in [0.1, 0.15) is 11.4 Å². The molecule has 6 nitrogen and oxygen atoms in total. The van der Waals surface area contributed by atoms with E-state index in [0.717, 1.165) is 34.9 Å². The summed E-state index contributed by atoms with van der Waals surface area (Å²) in [6.07, 6.45) is 8.99. The Kier molecular flexibility index (Phi) is 2.71. The maximum atomic E-state index is 5.28. The lowest BCUT2D eigenvalue weighted by Crippen LogP contribution is -1.90. The SMILES string of the molecule is COc1ccn2cc(C3CC3c3c(C)nn4cccnc34)nc2c1. The molecule has 6 heteroatoms. The standard InChI is InChI=1S/C18H17N5O/c1-11-17(18-19-5-3-6-23(18)21-11)14-9-13(14)15-10-22-7-4-12(24-2)8-16(22)20-15/h3-8,10,13-14H,9H2,1-2H3. The zero-order chi connectivity index (χ0) is 16.3. The predicted octanol–water partition coefficient (Wildman–Crippen LogP) is 2.97. The van der Waals surface area contributed by atoms with Crippen LogP contribution in [0.25, 0.3) is 11.3 Å². The monoisotopic (exact) mass is 319 g/mol. The van der Waals surface area contributed by atoms with E-state index in [1.54, 1.807) is 7.11 Å². The number of methoxy groups -OCH3 is 1. The summed E-state index contributed by atoms with van der Waals surface area (Å²) in [6, 6.07) is 5.81. The first kappa shape index (κ1) is 13.5. The third kappa shape index (κ3) is 1.92. The van der Waals surface area contributed by atoms with E-state index in [1.807, 2.05) is 41.3 Å². The number of imidazole rings is 1. The minimum atomic E-state index is 0.435. The number of nitrogens with zero attached hydrogens (tertiary/aromatic N) is 5. The molecule has 0 saturated heterocycles. The minimum absolute atomic E-state index is 0.435. The summed E-state index contributed by atoms with van der Waals surface area (Å²) in [5.41, 5.74) is 5.34. The minimum Gasteiger partial charge on any atom is -0.497 e. The number of aryl methyl sites for hydroxylation is 1. The summed E-state index contributed by atoms with van der Waals surface area (Å²) >= 11 is 0. The van der Waals surface area contributed by atoms with Crippen molar-refractivity contribution in [3.05, 3.63) is 59.9 Å². The van der Waals surface area contributed by atoms with Crippen LogP contribution in [-0.2, 0) is 0 Å². The van der Waals surface area contributed by atoms with E-state index >= 15 is 0 Å². The Morgan fingerprint density at radius 3 is 3.04 bits per heavy atom. The highest BCUT2D eigenvalue weighted by molar-refractivity contribution is 5.56. The van der Waals surface area contributed by atoms with E-state index in [4.69, 9.17) is 9.72 Å². The molecule has 1 saturated carbocycles. The molecule has 2 atom stereocenters. The van der Waals surface area contributed by atoms with Gasteiger partial charge in [0.15, 0.2) is 5.65 Å². The normalized spacial score (nSPS) is 19.9. The van der Waals surface area contributed by atoms with Crippen molar-refractivity contribution in [1.29, 1.82) is 0 Å². The largest absolute Gasteiger partial charge is 0.497 e. The lowest BCUT2D eigenvalue weighted by Gasteiger charge is -1.98. The highest BCUT2D eigenvalue weighted by Gasteiger charge is 2.44. The van der Waals surface area contributed by atoms with Crippen molar-refractivity contribution in [3.8, 4) is 5.75 Å². The van der Waals surface area contributed by atoms with Gasteiger partial charge in [-0.3, -0.25) is 0 Å². The van der Waals surface area contributed by atoms with Crippen LogP contribution < -0.4 is 4.74 Å². The Bertz CT molecular complexity index is 1060. The van der Waals surface area contributed by atoms with Crippen molar-refractivity contribution >= 4 is 11.3 Å². The number of rotatable bonds is 3. The number of fused-ring (bicyclic) bond motifs is 2. The van der Waals surface area contributed by atoms with E-state index in [9.17, 15) is 0 Å². The van der Waals surface area contributed by atoms with Gasteiger partial charge in [0.05, 0.1) is 18.5 Å². The Hall–Kier alpha value is -2.89. The van der Waals surface area contributed by atoms with Gasteiger partial charge in [0, 0.05) is 42.3 Å². The maximum absolute atomic E-state index is 5.28. The van der Waals surface area contributed by atoms with Crippen molar-refractivity contribution < 1.29 is 4.74 Å². The van der Waals surface area contributed by atoms with Crippen LogP contribution in [0.15, 0.2) is 43.0 Å². The molecule has 1 fully saturated rings. The first-order valence-electron chi connectivity index (χ1n) is 8.07. The van der Waals surface area contributed by atoms with Gasteiger partial charge in [0.2, 0.25) is 0 Å². The molecule has 0 bridgehead atoms. The molecule has 1 aliphatic rings. The van der Waals surface area contributed by atoms with Gasteiger partial charge in [-0.2, -0.15) is 5.10 Å². The first-order chi connectivity index (χ1) is 11.7. The second-order valence-corrected chi connectivity index (χ2v) is 6.33. The van der Waals surface area contributed by atoms with Crippen LogP contribution in [-0.4, -0.2) is 31.1 Å². The number of pyridine rings is 1. The summed E-state index contributed by atoms with van der Waals surface area (Å²) < 4.78 is 9.20. The summed E-state index contributed by atoms with van der Waals surface area (Å²) in [5.74, 6) is 1.71. The van der Waals surface area contributed by atoms with E-state index in [-0.39, 0.29) is 0 Å². The molecule has 4 heterocycles. The van der Waals surface area contributed by atoms with Gasteiger partial charge in [-0.1, -0.05) is 0 Å². The molecule has 120 valence electrons. The molecule has 24 heavy (non-hydrogen) atoms. The molecule has 0 amide bonds. The predicted molar refractivity (Wildman–Crippen MR) is 89.6 cm³/mol. The fourth-order valence-electron chi connectivity index (χ4n) is 3.58. The van der Waals surface area contributed by atoms with Crippen LogP contribution in [0.2, 0.25) is 0 Å². The van der Waals surface area contributed by atoms with Crippen molar-refractivity contribution in [2.24, 2.45) is 0 Å². The summed E-state index contributed by atoms with van der Waals surface area (Å²) in [5, 5.41) is 4.58. The average Bonchev–Trinajstić information content (AvgIpc) is 3.13. The van der Waals surface area contributed by atoms with Gasteiger partial charge in [-0.05, 0) is 31.4 Å². The summed E-state index contributed by atoms with van der Waals surface area (Å²) in [4.78, 5) is 9.30. The van der Waals surface area contributed by atoms with Gasteiger partial charge in [0.25, 0.3) is 0 Å². The van der Waals surface area contributed by atoms with Crippen molar-refractivity contribution in [1.82, 2.24) is 24.0 Å². The van der Waals surface area contributed by atoms with Gasteiger partial charge >= 0.3 is 0 Å².